The highest BCUT2D eigenvalue weighted by Crippen LogP contribution is 2.37. The third-order valence-corrected chi connectivity index (χ3v) is 5.83. The molecule has 0 aliphatic heterocycles. The molecule has 9 heteroatoms. The Morgan fingerprint density at radius 2 is 2.21 bits per heavy atom. The van der Waals surface area contributed by atoms with Crippen molar-refractivity contribution in [2.45, 2.75) is 29.8 Å². The number of hydrogen-bond donors (Lipinski definition) is 2. The SMILES string of the molecule is Cn1cnnc1[C@H]1C[C@H](CNS(=O)(=O)c2cccc(F)c2)[C@H](O)C1. The van der Waals surface area contributed by atoms with Crippen molar-refractivity contribution in [1.82, 2.24) is 19.5 Å². The maximum absolute atomic E-state index is 13.2. The summed E-state index contributed by atoms with van der Waals surface area (Å²) in [7, 11) is -1.97. The molecule has 130 valence electrons. The number of rotatable bonds is 5. The van der Waals surface area contributed by atoms with Gasteiger partial charge in [-0.05, 0) is 37.0 Å². The fourth-order valence-corrected chi connectivity index (χ4v) is 4.25. The Balaban J connectivity index is 1.65. The van der Waals surface area contributed by atoms with Gasteiger partial charge in [-0.3, -0.25) is 0 Å². The average Bonchev–Trinajstić information content (AvgIpc) is 3.11. The van der Waals surface area contributed by atoms with E-state index in [4.69, 9.17) is 0 Å². The zero-order valence-corrected chi connectivity index (χ0v) is 13.9. The molecule has 0 spiro atoms. The van der Waals surface area contributed by atoms with Gasteiger partial charge in [-0.25, -0.2) is 17.5 Å². The van der Waals surface area contributed by atoms with E-state index in [-0.39, 0.29) is 23.3 Å². The van der Waals surface area contributed by atoms with Crippen LogP contribution in [0.1, 0.15) is 24.6 Å². The molecule has 24 heavy (non-hydrogen) atoms. The predicted octanol–water partition coefficient (Wildman–Crippen LogP) is 0.787. The van der Waals surface area contributed by atoms with E-state index in [2.05, 4.69) is 14.9 Å². The molecule has 2 aromatic rings. The zero-order valence-electron chi connectivity index (χ0n) is 13.1. The molecule has 7 nitrogen and oxygen atoms in total. The Hall–Kier alpha value is -1.84. The van der Waals surface area contributed by atoms with Crippen molar-refractivity contribution in [3.05, 3.63) is 42.2 Å². The van der Waals surface area contributed by atoms with Gasteiger partial charge >= 0.3 is 0 Å². The van der Waals surface area contributed by atoms with Gasteiger partial charge in [0.15, 0.2) is 0 Å². The summed E-state index contributed by atoms with van der Waals surface area (Å²) in [6.07, 6.45) is 2.10. The molecule has 1 aromatic heterocycles. The first-order valence-corrected chi connectivity index (χ1v) is 9.12. The number of aliphatic hydroxyl groups is 1. The van der Waals surface area contributed by atoms with Crippen molar-refractivity contribution in [3.63, 3.8) is 0 Å². The molecule has 1 aliphatic carbocycles. The second kappa shape index (κ2) is 6.58. The van der Waals surface area contributed by atoms with E-state index >= 15 is 0 Å². The number of benzene rings is 1. The molecule has 1 aromatic carbocycles. The van der Waals surface area contributed by atoms with Crippen molar-refractivity contribution < 1.29 is 17.9 Å². The Labute approximate surface area is 139 Å². The standard InChI is InChI=1S/C15H19FN4O3S/c1-20-9-17-19-15(20)10-5-11(14(21)6-10)8-18-24(22,23)13-4-2-3-12(16)7-13/h2-4,7,9-11,14,18,21H,5-6,8H2,1H3/t10-,11+,14+/m0/s1. The smallest absolute Gasteiger partial charge is 0.240 e. The zero-order chi connectivity index (χ0) is 17.3. The van der Waals surface area contributed by atoms with Gasteiger partial charge in [0.05, 0.1) is 11.0 Å². The first-order valence-electron chi connectivity index (χ1n) is 7.64. The van der Waals surface area contributed by atoms with E-state index in [1.165, 1.54) is 18.2 Å². The molecular weight excluding hydrogens is 335 g/mol. The van der Waals surface area contributed by atoms with Gasteiger partial charge in [-0.15, -0.1) is 10.2 Å². The second-order valence-corrected chi connectivity index (χ2v) is 7.87. The molecule has 0 amide bonds. The fourth-order valence-electron chi connectivity index (χ4n) is 3.13. The van der Waals surface area contributed by atoms with E-state index in [1.807, 2.05) is 7.05 Å². The van der Waals surface area contributed by atoms with Crippen LogP contribution in [0.2, 0.25) is 0 Å². The topological polar surface area (TPSA) is 97.1 Å². The highest BCUT2D eigenvalue weighted by molar-refractivity contribution is 7.89. The number of aromatic nitrogens is 3. The summed E-state index contributed by atoms with van der Waals surface area (Å²) in [6.45, 7) is 0.0916. The van der Waals surface area contributed by atoms with Crippen LogP contribution < -0.4 is 4.72 Å². The largest absolute Gasteiger partial charge is 0.393 e. The van der Waals surface area contributed by atoms with Gasteiger partial charge in [0.2, 0.25) is 10.0 Å². The van der Waals surface area contributed by atoms with E-state index in [0.29, 0.717) is 12.8 Å². The van der Waals surface area contributed by atoms with Crippen molar-refractivity contribution in [3.8, 4) is 0 Å². The molecule has 0 unspecified atom stereocenters. The quantitative estimate of drug-likeness (QED) is 0.827. The van der Waals surface area contributed by atoms with E-state index in [1.54, 1.807) is 10.9 Å². The summed E-state index contributed by atoms with van der Waals surface area (Å²) >= 11 is 0. The molecule has 3 atom stereocenters. The highest BCUT2D eigenvalue weighted by atomic mass is 32.2. The lowest BCUT2D eigenvalue weighted by atomic mass is 10.0. The molecule has 1 fully saturated rings. The second-order valence-electron chi connectivity index (χ2n) is 6.11. The summed E-state index contributed by atoms with van der Waals surface area (Å²) < 4.78 is 41.9. The predicted molar refractivity (Wildman–Crippen MR) is 84.1 cm³/mol. The van der Waals surface area contributed by atoms with Crippen LogP contribution in [-0.2, 0) is 17.1 Å². The van der Waals surface area contributed by atoms with Crippen molar-refractivity contribution in [2.75, 3.05) is 6.54 Å². The van der Waals surface area contributed by atoms with Crippen LogP contribution >= 0.6 is 0 Å². The molecule has 3 rings (SSSR count). The van der Waals surface area contributed by atoms with Gasteiger partial charge in [0.25, 0.3) is 0 Å². The summed E-state index contributed by atoms with van der Waals surface area (Å²) in [4.78, 5) is -0.125. The van der Waals surface area contributed by atoms with Gasteiger partial charge < -0.3 is 9.67 Å². The molecule has 0 radical (unpaired) electrons. The minimum atomic E-state index is -3.81. The van der Waals surface area contributed by atoms with Crippen molar-refractivity contribution in [2.24, 2.45) is 13.0 Å². The third kappa shape index (κ3) is 3.47. The van der Waals surface area contributed by atoms with Crippen LogP contribution in [-0.4, -0.2) is 40.9 Å². The minimum Gasteiger partial charge on any atom is -0.393 e. The first-order chi connectivity index (χ1) is 11.4. The van der Waals surface area contributed by atoms with Gasteiger partial charge in [0.1, 0.15) is 18.0 Å². The number of aliphatic hydroxyl groups excluding tert-OH is 1. The lowest BCUT2D eigenvalue weighted by Gasteiger charge is -2.15. The van der Waals surface area contributed by atoms with Crippen LogP contribution in [0.25, 0.3) is 0 Å². The lowest BCUT2D eigenvalue weighted by molar-refractivity contribution is 0.134. The summed E-state index contributed by atoms with van der Waals surface area (Å²) in [5, 5.41) is 18.1. The van der Waals surface area contributed by atoms with E-state index in [0.717, 1.165) is 11.9 Å². The average molecular weight is 354 g/mol. The van der Waals surface area contributed by atoms with Crippen LogP contribution in [0.5, 0.6) is 0 Å². The molecule has 0 bridgehead atoms. The Kier molecular flexibility index (Phi) is 4.66. The summed E-state index contributed by atoms with van der Waals surface area (Å²) in [5.74, 6) is -0.0168. The monoisotopic (exact) mass is 354 g/mol. The number of sulfonamides is 1. The maximum atomic E-state index is 13.2. The highest BCUT2D eigenvalue weighted by Gasteiger charge is 2.36. The number of nitrogens with one attached hydrogen (secondary N) is 1. The lowest BCUT2D eigenvalue weighted by Crippen LogP contribution is -2.32. The third-order valence-electron chi connectivity index (χ3n) is 4.41. The summed E-state index contributed by atoms with van der Waals surface area (Å²) in [5.41, 5.74) is 0. The van der Waals surface area contributed by atoms with Crippen LogP contribution in [0.4, 0.5) is 4.39 Å². The van der Waals surface area contributed by atoms with Gasteiger partial charge in [0, 0.05) is 19.5 Å². The molecule has 1 heterocycles. The Morgan fingerprint density at radius 1 is 1.42 bits per heavy atom. The molecule has 0 saturated heterocycles. The van der Waals surface area contributed by atoms with Gasteiger partial charge in [-0.2, -0.15) is 0 Å². The fraction of sp³-hybridized carbons (Fsp3) is 0.467. The normalized spacial score (nSPS) is 24.4. The Morgan fingerprint density at radius 3 is 2.88 bits per heavy atom. The van der Waals surface area contributed by atoms with Crippen LogP contribution in [0.3, 0.4) is 0 Å². The van der Waals surface area contributed by atoms with E-state index in [9.17, 15) is 17.9 Å². The molecule has 2 N–H and O–H groups in total. The number of hydrogen-bond acceptors (Lipinski definition) is 5. The molecular formula is C15H19FN4O3S. The minimum absolute atomic E-state index is 0.0381. The number of nitrogens with zero attached hydrogens (tertiary/aromatic N) is 3. The van der Waals surface area contributed by atoms with E-state index < -0.39 is 21.9 Å². The first kappa shape index (κ1) is 17.0. The summed E-state index contributed by atoms with van der Waals surface area (Å²) in [6, 6.07) is 4.83. The molecule has 1 saturated carbocycles. The van der Waals surface area contributed by atoms with Crippen molar-refractivity contribution >= 4 is 10.0 Å². The maximum Gasteiger partial charge on any atom is 0.240 e. The number of halogens is 1. The Bertz CT molecular complexity index is 824. The van der Waals surface area contributed by atoms with Crippen LogP contribution in [0.15, 0.2) is 35.5 Å². The van der Waals surface area contributed by atoms with Gasteiger partial charge in [-0.1, -0.05) is 6.07 Å². The van der Waals surface area contributed by atoms with Crippen LogP contribution in [0, 0.1) is 11.7 Å². The number of aryl methyl sites for hydroxylation is 1. The molecule has 1 aliphatic rings. The van der Waals surface area contributed by atoms with Crippen molar-refractivity contribution in [1.29, 1.82) is 0 Å².